The lowest BCUT2D eigenvalue weighted by Gasteiger charge is -2.23. The van der Waals surface area contributed by atoms with Gasteiger partial charge in [-0.1, -0.05) is 12.1 Å². The maximum Gasteiger partial charge on any atom is 0.264 e. The largest absolute Gasteiger partial charge is 0.494 e. The van der Waals surface area contributed by atoms with Crippen LogP contribution in [0.2, 0.25) is 0 Å². The van der Waals surface area contributed by atoms with Crippen LogP contribution in [0.25, 0.3) is 0 Å². The molecule has 0 amide bonds. The summed E-state index contributed by atoms with van der Waals surface area (Å²) < 4.78 is 45.5. The monoisotopic (exact) mass is 335 g/mol. The van der Waals surface area contributed by atoms with Crippen molar-refractivity contribution in [2.45, 2.75) is 11.8 Å². The Labute approximate surface area is 135 Å². The highest BCUT2D eigenvalue weighted by Gasteiger charge is 2.24. The number of rotatable bonds is 7. The predicted molar refractivity (Wildman–Crippen MR) is 88.7 cm³/mol. The van der Waals surface area contributed by atoms with Crippen molar-refractivity contribution in [2.75, 3.05) is 17.5 Å². The number of nitrogens with zero attached hydrogens (tertiary/aromatic N) is 1. The van der Waals surface area contributed by atoms with Crippen molar-refractivity contribution in [3.8, 4) is 5.75 Å². The third kappa shape index (κ3) is 3.90. The van der Waals surface area contributed by atoms with Crippen LogP contribution in [0.5, 0.6) is 5.75 Å². The minimum Gasteiger partial charge on any atom is -0.494 e. The molecule has 0 bridgehead atoms. The lowest BCUT2D eigenvalue weighted by Crippen LogP contribution is -2.31. The van der Waals surface area contributed by atoms with Crippen LogP contribution in [0.15, 0.2) is 66.1 Å². The third-order valence-corrected chi connectivity index (χ3v) is 4.92. The first-order chi connectivity index (χ1) is 11.0. The molecule has 0 fully saturated rings. The molecule has 0 saturated heterocycles. The second kappa shape index (κ2) is 7.28. The van der Waals surface area contributed by atoms with Crippen LogP contribution in [0, 0.1) is 5.82 Å². The van der Waals surface area contributed by atoms with E-state index in [1.54, 1.807) is 18.2 Å². The van der Waals surface area contributed by atoms with Crippen LogP contribution in [0.4, 0.5) is 10.1 Å². The summed E-state index contributed by atoms with van der Waals surface area (Å²) in [6, 6.07) is 11.6. The van der Waals surface area contributed by atoms with E-state index in [-0.39, 0.29) is 17.1 Å². The van der Waals surface area contributed by atoms with Crippen molar-refractivity contribution in [2.24, 2.45) is 0 Å². The molecule has 0 unspecified atom stereocenters. The molecule has 0 aliphatic rings. The standard InChI is InChI=1S/C17H18FNO3S/c1-3-12-19(15-7-5-6-14(18)13-15)23(20,21)17-10-8-16(9-11-17)22-4-2/h3,5-11,13H,1,4,12H2,2H3. The second-order valence-corrected chi connectivity index (χ2v) is 6.57. The van der Waals surface area contributed by atoms with Crippen LogP contribution in [0.3, 0.4) is 0 Å². The summed E-state index contributed by atoms with van der Waals surface area (Å²) in [5.74, 6) is 0.0888. The second-order valence-electron chi connectivity index (χ2n) is 4.71. The van der Waals surface area contributed by atoms with Crippen molar-refractivity contribution in [3.05, 3.63) is 67.0 Å². The quantitative estimate of drug-likeness (QED) is 0.726. The van der Waals surface area contributed by atoms with Crippen molar-refractivity contribution in [1.82, 2.24) is 0 Å². The molecule has 122 valence electrons. The number of benzene rings is 2. The molecule has 0 aliphatic carbocycles. The van der Waals surface area contributed by atoms with Crippen molar-refractivity contribution >= 4 is 15.7 Å². The molecular formula is C17H18FNO3S. The van der Waals surface area contributed by atoms with Gasteiger partial charge in [0.15, 0.2) is 0 Å². The molecule has 0 spiro atoms. The Morgan fingerprint density at radius 2 is 1.91 bits per heavy atom. The van der Waals surface area contributed by atoms with Crippen LogP contribution in [0.1, 0.15) is 6.92 Å². The van der Waals surface area contributed by atoms with Crippen LogP contribution < -0.4 is 9.04 Å². The molecule has 2 aromatic carbocycles. The normalized spacial score (nSPS) is 11.0. The van der Waals surface area contributed by atoms with E-state index in [9.17, 15) is 12.8 Å². The third-order valence-electron chi connectivity index (χ3n) is 3.11. The molecule has 0 radical (unpaired) electrons. The van der Waals surface area contributed by atoms with Crippen LogP contribution in [-0.2, 0) is 10.0 Å². The number of hydrogen-bond donors (Lipinski definition) is 0. The maximum atomic E-state index is 13.4. The van der Waals surface area contributed by atoms with E-state index < -0.39 is 15.8 Å². The van der Waals surface area contributed by atoms with Gasteiger partial charge in [-0.25, -0.2) is 12.8 Å². The van der Waals surface area contributed by atoms with Gasteiger partial charge in [0, 0.05) is 0 Å². The average Bonchev–Trinajstić information content (AvgIpc) is 2.53. The minimum atomic E-state index is -3.82. The molecule has 23 heavy (non-hydrogen) atoms. The summed E-state index contributed by atoms with van der Waals surface area (Å²) in [5.41, 5.74) is 0.249. The summed E-state index contributed by atoms with van der Waals surface area (Å²) in [4.78, 5) is 0.104. The van der Waals surface area contributed by atoms with E-state index in [1.807, 2.05) is 6.92 Å². The lowest BCUT2D eigenvalue weighted by molar-refractivity contribution is 0.340. The van der Waals surface area contributed by atoms with E-state index in [0.29, 0.717) is 12.4 Å². The first-order valence-corrected chi connectivity index (χ1v) is 8.55. The van der Waals surface area contributed by atoms with E-state index >= 15 is 0 Å². The predicted octanol–water partition coefficient (Wildman–Crippen LogP) is 3.61. The van der Waals surface area contributed by atoms with Gasteiger partial charge >= 0.3 is 0 Å². The van der Waals surface area contributed by atoms with Crippen molar-refractivity contribution in [3.63, 3.8) is 0 Å². The lowest BCUT2D eigenvalue weighted by atomic mass is 10.3. The Morgan fingerprint density at radius 3 is 2.48 bits per heavy atom. The maximum absolute atomic E-state index is 13.4. The summed E-state index contributed by atoms with van der Waals surface area (Å²) >= 11 is 0. The molecule has 2 rings (SSSR count). The highest BCUT2D eigenvalue weighted by Crippen LogP contribution is 2.25. The van der Waals surface area contributed by atoms with Gasteiger partial charge in [-0.2, -0.15) is 0 Å². The summed E-state index contributed by atoms with van der Waals surface area (Å²) in [7, 11) is -3.82. The fourth-order valence-electron chi connectivity index (χ4n) is 2.09. The first-order valence-electron chi connectivity index (χ1n) is 7.11. The van der Waals surface area contributed by atoms with Crippen molar-refractivity contribution in [1.29, 1.82) is 0 Å². The summed E-state index contributed by atoms with van der Waals surface area (Å²) in [6.45, 7) is 5.96. The first kappa shape index (κ1) is 17.0. The Kier molecular flexibility index (Phi) is 5.39. The molecule has 0 saturated carbocycles. The Morgan fingerprint density at radius 1 is 1.22 bits per heavy atom. The van der Waals surface area contributed by atoms with Gasteiger partial charge in [0.05, 0.1) is 23.7 Å². The number of halogens is 1. The number of hydrogen-bond acceptors (Lipinski definition) is 3. The fourth-order valence-corrected chi connectivity index (χ4v) is 3.52. The van der Waals surface area contributed by atoms with Crippen LogP contribution in [-0.4, -0.2) is 21.6 Å². The summed E-state index contributed by atoms with van der Waals surface area (Å²) in [6.07, 6.45) is 1.46. The smallest absolute Gasteiger partial charge is 0.264 e. The molecule has 0 heterocycles. The van der Waals surface area contributed by atoms with Gasteiger partial charge in [0.2, 0.25) is 0 Å². The van der Waals surface area contributed by atoms with Gasteiger partial charge in [0.25, 0.3) is 10.0 Å². The zero-order valence-corrected chi connectivity index (χ0v) is 13.6. The molecule has 0 N–H and O–H groups in total. The summed E-state index contributed by atoms with van der Waals surface area (Å²) in [5, 5.41) is 0. The zero-order chi connectivity index (χ0) is 16.9. The van der Waals surface area contributed by atoms with Gasteiger partial charge < -0.3 is 4.74 Å². The highest BCUT2D eigenvalue weighted by atomic mass is 32.2. The molecule has 6 heteroatoms. The number of anilines is 1. The van der Waals surface area contributed by atoms with E-state index in [2.05, 4.69) is 6.58 Å². The highest BCUT2D eigenvalue weighted by molar-refractivity contribution is 7.92. The van der Waals surface area contributed by atoms with E-state index in [4.69, 9.17) is 4.74 Å². The van der Waals surface area contributed by atoms with Crippen molar-refractivity contribution < 1.29 is 17.5 Å². The molecule has 0 aromatic heterocycles. The SMILES string of the molecule is C=CCN(c1cccc(F)c1)S(=O)(=O)c1ccc(OCC)cc1. The Bertz CT molecular complexity index is 773. The molecule has 0 atom stereocenters. The van der Waals surface area contributed by atoms with Gasteiger partial charge in [-0.3, -0.25) is 4.31 Å². The van der Waals surface area contributed by atoms with Gasteiger partial charge in [-0.05, 0) is 49.4 Å². The Balaban J connectivity index is 2.42. The van der Waals surface area contributed by atoms with Crippen LogP contribution >= 0.6 is 0 Å². The topological polar surface area (TPSA) is 46.6 Å². The number of ether oxygens (including phenoxy) is 1. The van der Waals surface area contributed by atoms with Gasteiger partial charge in [0.1, 0.15) is 11.6 Å². The fraction of sp³-hybridized carbons (Fsp3) is 0.176. The minimum absolute atomic E-state index is 0.0407. The zero-order valence-electron chi connectivity index (χ0n) is 12.8. The van der Waals surface area contributed by atoms with E-state index in [0.717, 1.165) is 4.31 Å². The molecule has 4 nitrogen and oxygen atoms in total. The molecule has 0 aliphatic heterocycles. The average molecular weight is 335 g/mol. The number of sulfonamides is 1. The molecule has 2 aromatic rings. The Hall–Kier alpha value is -2.34. The van der Waals surface area contributed by atoms with Gasteiger partial charge in [-0.15, -0.1) is 6.58 Å². The van der Waals surface area contributed by atoms with E-state index in [1.165, 1.54) is 36.4 Å². The molecular weight excluding hydrogens is 317 g/mol.